The van der Waals surface area contributed by atoms with Gasteiger partial charge < -0.3 is 9.15 Å². The third-order valence-corrected chi connectivity index (χ3v) is 6.23. The first-order valence-corrected chi connectivity index (χ1v) is 9.95. The zero-order valence-corrected chi connectivity index (χ0v) is 16.4. The Bertz CT molecular complexity index is 1070. The second-order valence-corrected chi connectivity index (χ2v) is 7.85. The summed E-state index contributed by atoms with van der Waals surface area (Å²) < 4.78 is 10.5. The molecule has 2 amide bonds. The summed E-state index contributed by atoms with van der Waals surface area (Å²) in [4.78, 5) is 37.3. The quantitative estimate of drug-likeness (QED) is 0.338. The molecule has 4 unspecified atom stereocenters. The molecule has 7 nitrogen and oxygen atoms in total. The smallest absolute Gasteiger partial charge is 0.337 e. The molecular formula is C23H20N2O5. The summed E-state index contributed by atoms with van der Waals surface area (Å²) in [6.07, 6.45) is 7.44. The summed E-state index contributed by atoms with van der Waals surface area (Å²) in [5.74, 6) is -0.236. The lowest BCUT2D eigenvalue weighted by Gasteiger charge is -2.37. The number of fused-ring (bicyclic) bond motifs is 1. The lowest BCUT2D eigenvalue weighted by Crippen LogP contribution is -2.38. The van der Waals surface area contributed by atoms with Crippen molar-refractivity contribution in [3.63, 3.8) is 0 Å². The van der Waals surface area contributed by atoms with Gasteiger partial charge in [-0.3, -0.25) is 9.59 Å². The fourth-order valence-corrected chi connectivity index (χ4v) is 4.78. The van der Waals surface area contributed by atoms with E-state index in [4.69, 9.17) is 9.15 Å². The molecule has 1 aliphatic heterocycles. The molecule has 0 N–H and O–H groups in total. The number of methoxy groups -OCH3 is 1. The predicted molar refractivity (Wildman–Crippen MR) is 107 cm³/mol. The summed E-state index contributed by atoms with van der Waals surface area (Å²) in [7, 11) is 1.33. The molecule has 4 atom stereocenters. The van der Waals surface area contributed by atoms with Gasteiger partial charge >= 0.3 is 5.97 Å². The minimum Gasteiger partial charge on any atom is -0.465 e. The van der Waals surface area contributed by atoms with E-state index in [1.807, 2.05) is 6.07 Å². The molecule has 30 heavy (non-hydrogen) atoms. The first kappa shape index (κ1) is 18.5. The SMILES string of the molecule is COC(=O)c1cccc(-c2ccc(C=NN3C(=O)C4C5C=CC(CC5)C4C3=O)o2)c1. The molecule has 0 radical (unpaired) electrons. The lowest BCUT2D eigenvalue weighted by molar-refractivity contribution is -0.140. The average molecular weight is 404 g/mol. The Morgan fingerprint density at radius 1 is 1.10 bits per heavy atom. The van der Waals surface area contributed by atoms with Crippen LogP contribution < -0.4 is 0 Å². The third-order valence-electron chi connectivity index (χ3n) is 6.23. The van der Waals surface area contributed by atoms with E-state index in [0.29, 0.717) is 22.6 Å². The van der Waals surface area contributed by atoms with E-state index in [2.05, 4.69) is 17.3 Å². The predicted octanol–water partition coefficient (Wildman–Crippen LogP) is 3.26. The van der Waals surface area contributed by atoms with Crippen LogP contribution in [0.4, 0.5) is 0 Å². The van der Waals surface area contributed by atoms with Crippen molar-refractivity contribution < 1.29 is 23.5 Å². The number of benzene rings is 1. The van der Waals surface area contributed by atoms with Gasteiger partial charge in [0, 0.05) is 5.56 Å². The number of hydrogen-bond acceptors (Lipinski definition) is 6. The normalized spacial score (nSPS) is 27.2. The molecular weight excluding hydrogens is 384 g/mol. The Morgan fingerprint density at radius 3 is 2.43 bits per heavy atom. The summed E-state index contributed by atoms with van der Waals surface area (Å²) in [5, 5.41) is 5.16. The number of carbonyl (C=O) groups excluding carboxylic acids is 3. The van der Waals surface area contributed by atoms with Gasteiger partial charge in [-0.2, -0.15) is 10.1 Å². The van der Waals surface area contributed by atoms with Crippen molar-refractivity contribution in [2.45, 2.75) is 12.8 Å². The molecule has 152 valence electrons. The molecule has 6 rings (SSSR count). The van der Waals surface area contributed by atoms with Crippen molar-refractivity contribution >= 4 is 24.0 Å². The standard InChI is InChI=1S/C23H20N2O5/c1-29-23(28)16-4-2-3-15(11-16)18-10-9-17(30-18)12-24-25-21(26)19-13-5-6-14(8-7-13)20(19)22(25)27/h2-6,9-14,19-20H,7-8H2,1H3. The van der Waals surface area contributed by atoms with Gasteiger partial charge in [0.25, 0.3) is 11.8 Å². The number of hydrazone groups is 1. The Morgan fingerprint density at radius 2 is 1.80 bits per heavy atom. The van der Waals surface area contributed by atoms with E-state index in [0.717, 1.165) is 17.9 Å². The Labute approximate surface area is 173 Å². The monoisotopic (exact) mass is 404 g/mol. The van der Waals surface area contributed by atoms with Gasteiger partial charge in [0.1, 0.15) is 11.5 Å². The molecule has 3 aliphatic carbocycles. The summed E-state index contributed by atoms with van der Waals surface area (Å²) in [6.45, 7) is 0. The summed E-state index contributed by atoms with van der Waals surface area (Å²) in [6, 6.07) is 10.3. The lowest BCUT2D eigenvalue weighted by atomic mass is 9.63. The van der Waals surface area contributed by atoms with Crippen molar-refractivity contribution in [1.82, 2.24) is 5.01 Å². The Hall–Kier alpha value is -3.48. The van der Waals surface area contributed by atoms with E-state index >= 15 is 0 Å². The van der Waals surface area contributed by atoms with Crippen LogP contribution in [0.3, 0.4) is 0 Å². The number of imide groups is 1. The number of esters is 1. The molecule has 0 spiro atoms. The topological polar surface area (TPSA) is 89.2 Å². The molecule has 2 bridgehead atoms. The molecule has 2 fully saturated rings. The van der Waals surface area contributed by atoms with Crippen LogP contribution in [-0.2, 0) is 14.3 Å². The Kier molecular flexibility index (Phi) is 4.38. The van der Waals surface area contributed by atoms with Crippen LogP contribution in [0.2, 0.25) is 0 Å². The van der Waals surface area contributed by atoms with Crippen molar-refractivity contribution in [1.29, 1.82) is 0 Å². The van der Waals surface area contributed by atoms with Crippen LogP contribution in [0.5, 0.6) is 0 Å². The molecule has 1 saturated heterocycles. The highest BCUT2D eigenvalue weighted by Crippen LogP contribution is 2.49. The van der Waals surface area contributed by atoms with E-state index in [1.54, 1.807) is 30.3 Å². The molecule has 1 saturated carbocycles. The van der Waals surface area contributed by atoms with Crippen LogP contribution in [0.25, 0.3) is 11.3 Å². The summed E-state index contributed by atoms with van der Waals surface area (Å²) >= 11 is 0. The number of allylic oxidation sites excluding steroid dienone is 2. The van der Waals surface area contributed by atoms with E-state index in [9.17, 15) is 14.4 Å². The number of furan rings is 1. The number of carbonyl (C=O) groups is 3. The fraction of sp³-hybridized carbons (Fsp3) is 0.304. The highest BCUT2D eigenvalue weighted by molar-refractivity contribution is 6.06. The van der Waals surface area contributed by atoms with Crippen LogP contribution in [-0.4, -0.2) is 36.1 Å². The van der Waals surface area contributed by atoms with Gasteiger partial charge in [-0.25, -0.2) is 4.79 Å². The first-order valence-electron chi connectivity index (χ1n) is 9.95. The second kappa shape index (κ2) is 7.09. The number of amides is 2. The molecule has 7 heteroatoms. The minimum atomic E-state index is -0.429. The highest BCUT2D eigenvalue weighted by atomic mass is 16.5. The van der Waals surface area contributed by atoms with E-state index < -0.39 is 5.97 Å². The van der Waals surface area contributed by atoms with E-state index in [-0.39, 0.29) is 35.5 Å². The largest absolute Gasteiger partial charge is 0.465 e. The molecule has 2 heterocycles. The van der Waals surface area contributed by atoms with Gasteiger partial charge in [-0.1, -0.05) is 24.3 Å². The Balaban J connectivity index is 1.35. The van der Waals surface area contributed by atoms with Crippen molar-refractivity contribution in [2.24, 2.45) is 28.8 Å². The maximum Gasteiger partial charge on any atom is 0.337 e. The van der Waals surface area contributed by atoms with Gasteiger partial charge in [-0.15, -0.1) is 0 Å². The number of nitrogens with zero attached hydrogens (tertiary/aromatic N) is 2. The van der Waals surface area contributed by atoms with Gasteiger partial charge in [-0.05, 0) is 48.9 Å². The zero-order valence-electron chi connectivity index (χ0n) is 16.4. The maximum atomic E-state index is 12.8. The molecule has 4 aliphatic rings. The zero-order chi connectivity index (χ0) is 20.8. The van der Waals surface area contributed by atoms with Crippen LogP contribution in [0, 0.1) is 23.7 Å². The highest BCUT2D eigenvalue weighted by Gasteiger charge is 2.56. The first-order chi connectivity index (χ1) is 14.6. The number of rotatable bonds is 4. The maximum absolute atomic E-state index is 12.8. The molecule has 1 aromatic heterocycles. The number of hydrogen-bond donors (Lipinski definition) is 0. The van der Waals surface area contributed by atoms with Crippen molar-refractivity contribution in [3.05, 3.63) is 59.9 Å². The second-order valence-electron chi connectivity index (χ2n) is 7.85. The van der Waals surface area contributed by atoms with Crippen molar-refractivity contribution in [2.75, 3.05) is 7.11 Å². The minimum absolute atomic E-state index is 0.133. The van der Waals surface area contributed by atoms with Crippen LogP contribution in [0.1, 0.15) is 29.0 Å². The molecule has 1 aromatic carbocycles. The van der Waals surface area contributed by atoms with E-state index in [1.165, 1.54) is 13.3 Å². The fourth-order valence-electron chi connectivity index (χ4n) is 4.78. The van der Waals surface area contributed by atoms with Crippen molar-refractivity contribution in [3.8, 4) is 11.3 Å². The number of ether oxygens (including phenoxy) is 1. The van der Waals surface area contributed by atoms with Gasteiger partial charge in [0.2, 0.25) is 0 Å². The van der Waals surface area contributed by atoms with Gasteiger partial charge in [0.05, 0.1) is 30.7 Å². The third kappa shape index (κ3) is 2.89. The average Bonchev–Trinajstić information content (AvgIpc) is 3.37. The molecule has 2 aromatic rings. The van der Waals surface area contributed by atoms with Gasteiger partial charge in [0.15, 0.2) is 0 Å². The van der Waals surface area contributed by atoms with Crippen LogP contribution >= 0.6 is 0 Å². The van der Waals surface area contributed by atoms with Crippen LogP contribution in [0.15, 0.2) is 58.1 Å². The summed E-state index contributed by atoms with van der Waals surface area (Å²) in [5.41, 5.74) is 1.13.